The van der Waals surface area contributed by atoms with Crippen LogP contribution in [0.25, 0.3) is 0 Å². The summed E-state index contributed by atoms with van der Waals surface area (Å²) < 4.78 is 2.02. The van der Waals surface area contributed by atoms with Crippen molar-refractivity contribution in [2.75, 3.05) is 13.1 Å². The number of rotatable bonds is 4. The summed E-state index contributed by atoms with van der Waals surface area (Å²) in [6, 6.07) is 2.05. The second-order valence-corrected chi connectivity index (χ2v) is 5.80. The molecule has 0 aliphatic carbocycles. The second kappa shape index (κ2) is 6.35. The van der Waals surface area contributed by atoms with Gasteiger partial charge in [0.1, 0.15) is 6.33 Å². The highest BCUT2D eigenvalue weighted by Crippen LogP contribution is 2.26. The Morgan fingerprint density at radius 1 is 1.38 bits per heavy atom. The van der Waals surface area contributed by atoms with Crippen molar-refractivity contribution in [3.05, 3.63) is 41.7 Å². The molecule has 0 N–H and O–H groups in total. The van der Waals surface area contributed by atoms with Crippen LogP contribution in [0.1, 0.15) is 42.6 Å². The average molecular weight is 285 g/mol. The van der Waals surface area contributed by atoms with Gasteiger partial charge in [-0.25, -0.2) is 9.97 Å². The Labute approximate surface area is 126 Å². The topological polar surface area (TPSA) is 46.8 Å². The third-order valence-electron chi connectivity index (χ3n) is 4.29. The predicted molar refractivity (Wildman–Crippen MR) is 81.9 cm³/mol. The molecule has 112 valence electrons. The standard InChI is InChI=1S/C16H23N5/c1-3-21-11-15(13(2)19-21)10-20-8-4-5-14(9-20)16-6-7-17-12-18-16/h6-7,11-12,14H,3-5,8-10H2,1-2H3/t14-/m0/s1. The fraction of sp³-hybridized carbons (Fsp3) is 0.562. The summed E-state index contributed by atoms with van der Waals surface area (Å²) in [5, 5.41) is 4.54. The third kappa shape index (κ3) is 3.29. The van der Waals surface area contributed by atoms with Crippen LogP contribution in [0.4, 0.5) is 0 Å². The molecule has 2 aromatic rings. The highest BCUT2D eigenvalue weighted by molar-refractivity contribution is 5.16. The van der Waals surface area contributed by atoms with Gasteiger partial charge in [0.25, 0.3) is 0 Å². The first-order valence-electron chi connectivity index (χ1n) is 7.77. The van der Waals surface area contributed by atoms with Gasteiger partial charge >= 0.3 is 0 Å². The van der Waals surface area contributed by atoms with E-state index in [4.69, 9.17) is 0 Å². The molecule has 3 rings (SSSR count). The molecule has 0 amide bonds. The minimum atomic E-state index is 0.531. The zero-order chi connectivity index (χ0) is 14.7. The van der Waals surface area contributed by atoms with Crippen molar-refractivity contribution in [2.24, 2.45) is 0 Å². The maximum Gasteiger partial charge on any atom is 0.115 e. The van der Waals surface area contributed by atoms with Gasteiger partial charge in [-0.3, -0.25) is 9.58 Å². The van der Waals surface area contributed by atoms with Gasteiger partial charge in [-0.2, -0.15) is 5.10 Å². The van der Waals surface area contributed by atoms with E-state index in [1.165, 1.54) is 30.6 Å². The molecule has 0 aromatic carbocycles. The molecule has 0 radical (unpaired) electrons. The molecule has 21 heavy (non-hydrogen) atoms. The van der Waals surface area contributed by atoms with Gasteiger partial charge in [-0.15, -0.1) is 0 Å². The van der Waals surface area contributed by atoms with E-state index in [2.05, 4.69) is 46.1 Å². The summed E-state index contributed by atoms with van der Waals surface area (Å²) >= 11 is 0. The van der Waals surface area contributed by atoms with E-state index < -0.39 is 0 Å². The van der Waals surface area contributed by atoms with E-state index in [9.17, 15) is 0 Å². The number of hydrogen-bond acceptors (Lipinski definition) is 4. The summed E-state index contributed by atoms with van der Waals surface area (Å²) in [6.45, 7) is 8.40. The van der Waals surface area contributed by atoms with E-state index in [0.29, 0.717) is 5.92 Å². The Kier molecular flexibility index (Phi) is 4.29. The van der Waals surface area contributed by atoms with E-state index in [1.54, 1.807) is 6.33 Å². The zero-order valence-electron chi connectivity index (χ0n) is 12.9. The molecular weight excluding hydrogens is 262 g/mol. The number of hydrogen-bond donors (Lipinski definition) is 0. The molecule has 1 atom stereocenters. The fourth-order valence-electron chi connectivity index (χ4n) is 3.10. The molecule has 5 nitrogen and oxygen atoms in total. The van der Waals surface area contributed by atoms with Crippen LogP contribution in [0.2, 0.25) is 0 Å². The van der Waals surface area contributed by atoms with E-state index >= 15 is 0 Å². The summed E-state index contributed by atoms with van der Waals surface area (Å²) in [5.74, 6) is 0.531. The van der Waals surface area contributed by atoms with Crippen molar-refractivity contribution in [1.29, 1.82) is 0 Å². The lowest BCUT2D eigenvalue weighted by atomic mass is 9.94. The molecule has 5 heteroatoms. The lowest BCUT2D eigenvalue weighted by Crippen LogP contribution is -2.34. The van der Waals surface area contributed by atoms with Gasteiger partial charge in [-0.05, 0) is 39.3 Å². The molecule has 1 aliphatic heterocycles. The number of likely N-dealkylation sites (tertiary alicyclic amines) is 1. The normalized spacial score (nSPS) is 19.8. The fourth-order valence-corrected chi connectivity index (χ4v) is 3.10. The Hall–Kier alpha value is -1.75. The summed E-state index contributed by atoms with van der Waals surface area (Å²) in [5.41, 5.74) is 3.68. The molecular formula is C16H23N5. The maximum absolute atomic E-state index is 4.54. The molecule has 1 fully saturated rings. The lowest BCUT2D eigenvalue weighted by Gasteiger charge is -2.32. The Morgan fingerprint density at radius 2 is 2.29 bits per heavy atom. The van der Waals surface area contributed by atoms with Gasteiger partial charge in [-0.1, -0.05) is 0 Å². The van der Waals surface area contributed by atoms with Crippen LogP contribution in [0.15, 0.2) is 24.8 Å². The SMILES string of the molecule is CCn1cc(CN2CCC[C@H](c3ccncn3)C2)c(C)n1. The van der Waals surface area contributed by atoms with Crippen LogP contribution in [0.3, 0.4) is 0 Å². The summed E-state index contributed by atoms with van der Waals surface area (Å²) in [6.07, 6.45) is 8.14. The van der Waals surface area contributed by atoms with Crippen LogP contribution >= 0.6 is 0 Å². The second-order valence-electron chi connectivity index (χ2n) is 5.80. The maximum atomic E-state index is 4.54. The van der Waals surface area contributed by atoms with Crippen LogP contribution in [0.5, 0.6) is 0 Å². The van der Waals surface area contributed by atoms with Crippen LogP contribution in [0, 0.1) is 6.92 Å². The smallest absolute Gasteiger partial charge is 0.115 e. The monoisotopic (exact) mass is 285 g/mol. The third-order valence-corrected chi connectivity index (χ3v) is 4.29. The van der Waals surface area contributed by atoms with Crippen LogP contribution < -0.4 is 0 Å². The van der Waals surface area contributed by atoms with Gasteiger partial charge in [0, 0.05) is 49.2 Å². The summed E-state index contributed by atoms with van der Waals surface area (Å²) in [7, 11) is 0. The first-order valence-corrected chi connectivity index (χ1v) is 7.77. The van der Waals surface area contributed by atoms with Crippen molar-refractivity contribution in [3.63, 3.8) is 0 Å². The number of piperidine rings is 1. The van der Waals surface area contributed by atoms with Crippen molar-refractivity contribution < 1.29 is 0 Å². The molecule has 0 spiro atoms. The quantitative estimate of drug-likeness (QED) is 0.865. The van der Waals surface area contributed by atoms with Crippen molar-refractivity contribution in [1.82, 2.24) is 24.6 Å². The van der Waals surface area contributed by atoms with Gasteiger partial charge in [0.15, 0.2) is 0 Å². The minimum Gasteiger partial charge on any atom is -0.298 e. The van der Waals surface area contributed by atoms with Crippen LogP contribution in [-0.4, -0.2) is 37.7 Å². The molecule has 0 unspecified atom stereocenters. The van der Waals surface area contributed by atoms with Crippen molar-refractivity contribution in [2.45, 2.75) is 45.7 Å². The minimum absolute atomic E-state index is 0.531. The van der Waals surface area contributed by atoms with Gasteiger partial charge in [0.05, 0.1) is 5.69 Å². The van der Waals surface area contributed by atoms with Crippen molar-refractivity contribution >= 4 is 0 Å². The summed E-state index contributed by atoms with van der Waals surface area (Å²) in [4.78, 5) is 11.0. The average Bonchev–Trinajstić information content (AvgIpc) is 2.89. The Morgan fingerprint density at radius 3 is 3.00 bits per heavy atom. The predicted octanol–water partition coefficient (Wildman–Crippen LogP) is 2.38. The van der Waals surface area contributed by atoms with E-state index in [0.717, 1.165) is 25.3 Å². The first kappa shape index (κ1) is 14.2. The zero-order valence-corrected chi connectivity index (χ0v) is 12.9. The highest BCUT2D eigenvalue weighted by Gasteiger charge is 2.23. The molecule has 3 heterocycles. The van der Waals surface area contributed by atoms with Gasteiger partial charge < -0.3 is 0 Å². The number of aryl methyl sites for hydroxylation is 2. The molecule has 0 bridgehead atoms. The first-order chi connectivity index (χ1) is 10.3. The number of aromatic nitrogens is 4. The Bertz CT molecular complexity index is 578. The molecule has 1 saturated heterocycles. The number of nitrogens with zero attached hydrogens (tertiary/aromatic N) is 5. The Balaban J connectivity index is 1.67. The van der Waals surface area contributed by atoms with Crippen molar-refractivity contribution in [3.8, 4) is 0 Å². The van der Waals surface area contributed by atoms with Gasteiger partial charge in [0.2, 0.25) is 0 Å². The lowest BCUT2D eigenvalue weighted by molar-refractivity contribution is 0.198. The van der Waals surface area contributed by atoms with Crippen LogP contribution in [-0.2, 0) is 13.1 Å². The molecule has 2 aromatic heterocycles. The molecule has 1 aliphatic rings. The highest BCUT2D eigenvalue weighted by atomic mass is 15.3. The van der Waals surface area contributed by atoms with E-state index in [-0.39, 0.29) is 0 Å². The van der Waals surface area contributed by atoms with E-state index in [1.807, 2.05) is 10.9 Å². The largest absolute Gasteiger partial charge is 0.298 e. The molecule has 0 saturated carbocycles.